The van der Waals surface area contributed by atoms with E-state index >= 15 is 0 Å². The largest absolute Gasteiger partial charge is 0.348 e. The third-order valence-corrected chi connectivity index (χ3v) is 5.63. The fourth-order valence-electron chi connectivity index (χ4n) is 4.04. The molecule has 1 heterocycles. The average molecular weight is 393 g/mol. The lowest BCUT2D eigenvalue weighted by Crippen LogP contribution is -2.51. The third-order valence-electron chi connectivity index (χ3n) is 5.63. The number of nitrogens with one attached hydrogen (secondary N) is 1. The van der Waals surface area contributed by atoms with Crippen LogP contribution in [0.5, 0.6) is 0 Å². The van der Waals surface area contributed by atoms with Crippen LogP contribution >= 0.6 is 0 Å². The Balaban J connectivity index is 1.54. The zero-order valence-electron chi connectivity index (χ0n) is 17.6. The first-order valence-corrected chi connectivity index (χ1v) is 10.8. The molecule has 2 atom stereocenters. The summed E-state index contributed by atoms with van der Waals surface area (Å²) >= 11 is 0. The molecular formula is C25H32N2O2. The van der Waals surface area contributed by atoms with Gasteiger partial charge in [-0.2, -0.15) is 0 Å². The van der Waals surface area contributed by atoms with E-state index in [-0.39, 0.29) is 23.8 Å². The number of piperidine rings is 1. The Hall–Kier alpha value is -2.62. The van der Waals surface area contributed by atoms with E-state index in [1.807, 2.05) is 54.3 Å². The summed E-state index contributed by atoms with van der Waals surface area (Å²) in [6.45, 7) is 5.51. The van der Waals surface area contributed by atoms with Gasteiger partial charge in [-0.3, -0.25) is 9.59 Å². The molecule has 0 aliphatic carbocycles. The first-order valence-electron chi connectivity index (χ1n) is 10.8. The second kappa shape index (κ2) is 10.2. The number of carbonyl (C=O) groups is 2. The Labute approximate surface area is 174 Å². The fraction of sp³-hybridized carbons (Fsp3) is 0.440. The van der Waals surface area contributed by atoms with Crippen molar-refractivity contribution in [3.05, 3.63) is 71.3 Å². The van der Waals surface area contributed by atoms with Gasteiger partial charge in [-0.15, -0.1) is 0 Å². The van der Waals surface area contributed by atoms with E-state index in [2.05, 4.69) is 24.4 Å². The summed E-state index contributed by atoms with van der Waals surface area (Å²) in [6.07, 6.45) is 4.71. The van der Waals surface area contributed by atoms with Crippen molar-refractivity contribution in [3.8, 4) is 0 Å². The minimum absolute atomic E-state index is 0.0134. The van der Waals surface area contributed by atoms with Crippen molar-refractivity contribution in [2.75, 3.05) is 13.1 Å². The van der Waals surface area contributed by atoms with Gasteiger partial charge in [0, 0.05) is 30.6 Å². The van der Waals surface area contributed by atoms with Gasteiger partial charge >= 0.3 is 0 Å². The van der Waals surface area contributed by atoms with Gasteiger partial charge in [0.1, 0.15) is 0 Å². The molecule has 154 valence electrons. The molecule has 3 rings (SSSR count). The Morgan fingerprint density at radius 2 is 1.79 bits per heavy atom. The molecule has 1 aliphatic heterocycles. The number of rotatable bonds is 7. The molecule has 0 spiro atoms. The van der Waals surface area contributed by atoms with Crippen LogP contribution in [0.25, 0.3) is 0 Å². The smallest absolute Gasteiger partial charge is 0.251 e. The SMILES string of the molecule is CCCc1ccc(C(=O)NC2CCCN(C(=O)C(C)Cc3ccccc3)C2)cc1. The number of hydrogen-bond acceptors (Lipinski definition) is 2. The molecule has 1 N–H and O–H groups in total. The molecule has 29 heavy (non-hydrogen) atoms. The Morgan fingerprint density at radius 1 is 1.07 bits per heavy atom. The van der Waals surface area contributed by atoms with Gasteiger partial charge in [-0.05, 0) is 48.9 Å². The summed E-state index contributed by atoms with van der Waals surface area (Å²) in [5.74, 6) is 0.0689. The van der Waals surface area contributed by atoms with Gasteiger partial charge in [0.25, 0.3) is 5.91 Å². The van der Waals surface area contributed by atoms with E-state index in [4.69, 9.17) is 0 Å². The van der Waals surface area contributed by atoms with Gasteiger partial charge < -0.3 is 10.2 Å². The molecular weight excluding hydrogens is 360 g/mol. The maximum absolute atomic E-state index is 12.9. The Kier molecular flexibility index (Phi) is 7.45. The van der Waals surface area contributed by atoms with Crippen LogP contribution in [-0.2, 0) is 17.6 Å². The van der Waals surface area contributed by atoms with Gasteiger partial charge in [0.15, 0.2) is 0 Å². The van der Waals surface area contributed by atoms with Crippen LogP contribution in [0, 0.1) is 5.92 Å². The second-order valence-electron chi connectivity index (χ2n) is 8.13. The van der Waals surface area contributed by atoms with E-state index in [0.29, 0.717) is 12.1 Å². The standard InChI is InChI=1S/C25H32N2O2/c1-3-8-20-12-14-22(15-13-20)24(28)26-23-11-7-16-27(18-23)25(29)19(2)17-21-9-5-4-6-10-21/h4-6,9-10,12-15,19,23H,3,7-8,11,16-18H2,1-2H3,(H,26,28). The lowest BCUT2D eigenvalue weighted by molar-refractivity contribution is -0.136. The molecule has 0 radical (unpaired) electrons. The van der Waals surface area contributed by atoms with Gasteiger partial charge in [-0.25, -0.2) is 0 Å². The van der Waals surface area contributed by atoms with Crippen LogP contribution in [0.3, 0.4) is 0 Å². The highest BCUT2D eigenvalue weighted by Gasteiger charge is 2.27. The molecule has 2 amide bonds. The third kappa shape index (κ3) is 5.93. The molecule has 2 unspecified atom stereocenters. The van der Waals surface area contributed by atoms with E-state index < -0.39 is 0 Å². The summed E-state index contributed by atoms with van der Waals surface area (Å²) in [6, 6.07) is 18.0. The number of carbonyl (C=O) groups excluding carboxylic acids is 2. The molecule has 4 nitrogen and oxygen atoms in total. The van der Waals surface area contributed by atoms with Gasteiger partial charge in [-0.1, -0.05) is 62.7 Å². The van der Waals surface area contributed by atoms with Crippen molar-refractivity contribution in [1.82, 2.24) is 10.2 Å². The normalized spacial score (nSPS) is 17.6. The van der Waals surface area contributed by atoms with E-state index in [1.54, 1.807) is 0 Å². The monoisotopic (exact) mass is 392 g/mol. The lowest BCUT2D eigenvalue weighted by atomic mass is 9.97. The topological polar surface area (TPSA) is 49.4 Å². The highest BCUT2D eigenvalue weighted by molar-refractivity contribution is 5.94. The van der Waals surface area contributed by atoms with E-state index in [1.165, 1.54) is 11.1 Å². The summed E-state index contributed by atoms with van der Waals surface area (Å²) < 4.78 is 0. The summed E-state index contributed by atoms with van der Waals surface area (Å²) in [5, 5.41) is 3.13. The Morgan fingerprint density at radius 3 is 2.48 bits per heavy atom. The Bertz CT molecular complexity index is 801. The van der Waals surface area contributed by atoms with Crippen molar-refractivity contribution in [3.63, 3.8) is 0 Å². The minimum atomic E-state index is -0.0574. The lowest BCUT2D eigenvalue weighted by Gasteiger charge is -2.34. The fourth-order valence-corrected chi connectivity index (χ4v) is 4.04. The van der Waals surface area contributed by atoms with Crippen LogP contribution in [-0.4, -0.2) is 35.8 Å². The molecule has 4 heteroatoms. The van der Waals surface area contributed by atoms with Crippen molar-refractivity contribution in [2.45, 2.75) is 52.0 Å². The van der Waals surface area contributed by atoms with E-state index in [9.17, 15) is 9.59 Å². The predicted molar refractivity (Wildman–Crippen MR) is 117 cm³/mol. The van der Waals surface area contributed by atoms with E-state index in [0.717, 1.165) is 38.6 Å². The number of benzene rings is 2. The van der Waals surface area contributed by atoms with Crippen molar-refractivity contribution < 1.29 is 9.59 Å². The molecule has 0 saturated carbocycles. The van der Waals surface area contributed by atoms with Crippen LogP contribution < -0.4 is 5.32 Å². The van der Waals surface area contributed by atoms with Crippen molar-refractivity contribution >= 4 is 11.8 Å². The van der Waals surface area contributed by atoms with Gasteiger partial charge in [0.2, 0.25) is 5.91 Å². The zero-order valence-corrected chi connectivity index (χ0v) is 17.6. The highest BCUT2D eigenvalue weighted by atomic mass is 16.2. The molecule has 0 aromatic heterocycles. The van der Waals surface area contributed by atoms with Crippen LogP contribution in [0.1, 0.15) is 54.6 Å². The quantitative estimate of drug-likeness (QED) is 0.766. The highest BCUT2D eigenvalue weighted by Crippen LogP contribution is 2.17. The summed E-state index contributed by atoms with van der Waals surface area (Å²) in [4.78, 5) is 27.5. The van der Waals surface area contributed by atoms with Crippen LogP contribution in [0.15, 0.2) is 54.6 Å². The van der Waals surface area contributed by atoms with Crippen molar-refractivity contribution in [1.29, 1.82) is 0 Å². The average Bonchev–Trinajstić information content (AvgIpc) is 2.75. The predicted octanol–water partition coefficient (Wildman–Crippen LogP) is 4.24. The molecule has 1 aliphatic rings. The zero-order chi connectivity index (χ0) is 20.6. The van der Waals surface area contributed by atoms with Crippen LogP contribution in [0.2, 0.25) is 0 Å². The number of nitrogens with zero attached hydrogens (tertiary/aromatic N) is 1. The number of hydrogen-bond donors (Lipinski definition) is 1. The minimum Gasteiger partial charge on any atom is -0.348 e. The number of likely N-dealkylation sites (tertiary alicyclic amines) is 1. The van der Waals surface area contributed by atoms with Gasteiger partial charge in [0.05, 0.1) is 0 Å². The summed E-state index contributed by atoms with van der Waals surface area (Å²) in [5.41, 5.74) is 3.12. The molecule has 1 fully saturated rings. The molecule has 1 saturated heterocycles. The maximum atomic E-state index is 12.9. The van der Waals surface area contributed by atoms with Crippen LogP contribution in [0.4, 0.5) is 0 Å². The number of aryl methyl sites for hydroxylation is 1. The second-order valence-corrected chi connectivity index (χ2v) is 8.13. The molecule has 0 bridgehead atoms. The molecule has 2 aromatic carbocycles. The number of amides is 2. The first-order chi connectivity index (χ1) is 14.1. The first kappa shape index (κ1) is 21.1. The summed E-state index contributed by atoms with van der Waals surface area (Å²) in [7, 11) is 0. The van der Waals surface area contributed by atoms with Crippen molar-refractivity contribution in [2.24, 2.45) is 5.92 Å². The maximum Gasteiger partial charge on any atom is 0.251 e. The molecule has 2 aromatic rings.